The first-order chi connectivity index (χ1) is 8.70. The number of rotatable bonds is 4. The van der Waals surface area contributed by atoms with Crippen LogP contribution in [-0.4, -0.2) is 15.7 Å². The molecule has 2 aromatic rings. The molecule has 0 spiro atoms. The fourth-order valence-electron chi connectivity index (χ4n) is 1.72. The first-order valence-corrected chi connectivity index (χ1v) is 6.58. The predicted molar refractivity (Wildman–Crippen MR) is 74.9 cm³/mol. The number of ketones is 1. The van der Waals surface area contributed by atoms with Crippen molar-refractivity contribution < 1.29 is 9.90 Å². The first-order valence-electron chi connectivity index (χ1n) is 5.66. The van der Waals surface area contributed by atoms with Gasteiger partial charge in [-0.1, -0.05) is 76.6 Å². The molecule has 0 aliphatic heterocycles. The molecule has 2 aromatic carbocycles. The number of aliphatic hydroxyl groups is 1. The maximum atomic E-state index is 12.2. The first kappa shape index (κ1) is 13.0. The molecule has 0 amide bonds. The molecule has 0 aliphatic carbocycles. The molecule has 18 heavy (non-hydrogen) atoms. The Bertz CT molecular complexity index is 511. The Labute approximate surface area is 114 Å². The van der Waals surface area contributed by atoms with Crippen molar-refractivity contribution in [2.24, 2.45) is 0 Å². The summed E-state index contributed by atoms with van der Waals surface area (Å²) in [5.74, 6) is -0.119. The lowest BCUT2D eigenvalue weighted by Crippen LogP contribution is -2.22. The van der Waals surface area contributed by atoms with E-state index in [1.165, 1.54) is 0 Å². The summed E-state index contributed by atoms with van der Waals surface area (Å²) >= 11 is 3.28. The van der Waals surface area contributed by atoms with E-state index in [2.05, 4.69) is 15.9 Å². The van der Waals surface area contributed by atoms with Crippen LogP contribution in [0.1, 0.15) is 22.0 Å². The van der Waals surface area contributed by atoms with Crippen molar-refractivity contribution in [3.63, 3.8) is 0 Å². The maximum Gasteiger partial charge on any atom is 0.179 e. The molecule has 0 saturated carbocycles. The lowest BCUT2D eigenvalue weighted by Gasteiger charge is -2.16. The lowest BCUT2D eigenvalue weighted by atomic mass is 10.0. The average molecular weight is 305 g/mol. The van der Waals surface area contributed by atoms with Crippen LogP contribution in [0.4, 0.5) is 0 Å². The quantitative estimate of drug-likeness (QED) is 0.694. The number of hydrogen-bond donors (Lipinski definition) is 1. The highest BCUT2D eigenvalue weighted by Gasteiger charge is 2.25. The number of aliphatic hydroxyl groups excluding tert-OH is 1. The summed E-state index contributed by atoms with van der Waals surface area (Å²) in [5, 5.41) is 10.2. The Morgan fingerprint density at radius 1 is 0.944 bits per heavy atom. The maximum absolute atomic E-state index is 12.2. The zero-order valence-corrected chi connectivity index (χ0v) is 11.2. The minimum atomic E-state index is -0.848. The molecule has 3 heteroatoms. The normalized spacial score (nSPS) is 13.9. The third kappa shape index (κ3) is 2.86. The lowest BCUT2D eigenvalue weighted by molar-refractivity contribution is 0.0903. The molecule has 2 nitrogen and oxygen atoms in total. The second-order valence-electron chi connectivity index (χ2n) is 3.99. The van der Waals surface area contributed by atoms with Crippen molar-refractivity contribution in [2.75, 3.05) is 0 Å². The van der Waals surface area contributed by atoms with Gasteiger partial charge in [-0.05, 0) is 5.56 Å². The highest BCUT2D eigenvalue weighted by molar-refractivity contribution is 9.10. The number of halogens is 1. The molecule has 0 fully saturated rings. The van der Waals surface area contributed by atoms with Crippen LogP contribution >= 0.6 is 15.9 Å². The van der Waals surface area contributed by atoms with Gasteiger partial charge in [-0.2, -0.15) is 0 Å². The number of Topliss-reactive ketones (excluding diaryl/α,β-unsaturated/α-hetero) is 1. The SMILES string of the molecule is O=C(c1ccccc1)[C@H](Br)[C@H](O)c1ccccc1. The van der Waals surface area contributed by atoms with E-state index in [-0.39, 0.29) is 5.78 Å². The van der Waals surface area contributed by atoms with Gasteiger partial charge in [-0.15, -0.1) is 0 Å². The van der Waals surface area contributed by atoms with Gasteiger partial charge in [0.1, 0.15) is 4.83 Å². The predicted octanol–water partition coefficient (Wildman–Crippen LogP) is 3.37. The second kappa shape index (κ2) is 5.94. The average Bonchev–Trinajstić information content (AvgIpc) is 2.47. The molecule has 0 saturated heterocycles. The highest BCUT2D eigenvalue weighted by atomic mass is 79.9. The molecule has 2 atom stereocenters. The van der Waals surface area contributed by atoms with Crippen molar-refractivity contribution in [2.45, 2.75) is 10.9 Å². The van der Waals surface area contributed by atoms with Gasteiger partial charge in [0.05, 0.1) is 6.10 Å². The monoisotopic (exact) mass is 304 g/mol. The molecule has 0 unspecified atom stereocenters. The van der Waals surface area contributed by atoms with Crippen molar-refractivity contribution in [1.82, 2.24) is 0 Å². The van der Waals surface area contributed by atoms with Crippen molar-refractivity contribution in [1.29, 1.82) is 0 Å². The molecular formula is C15H13BrO2. The van der Waals surface area contributed by atoms with Crippen molar-refractivity contribution in [3.05, 3.63) is 71.8 Å². The smallest absolute Gasteiger partial charge is 0.179 e. The van der Waals surface area contributed by atoms with Crippen LogP contribution in [0.25, 0.3) is 0 Å². The summed E-state index contributed by atoms with van der Waals surface area (Å²) in [6, 6.07) is 18.1. The third-order valence-electron chi connectivity index (χ3n) is 2.73. The molecule has 0 aromatic heterocycles. The Morgan fingerprint density at radius 2 is 1.44 bits per heavy atom. The van der Waals surface area contributed by atoms with Crippen LogP contribution in [0.3, 0.4) is 0 Å². The summed E-state index contributed by atoms with van der Waals surface area (Å²) < 4.78 is 0. The molecule has 0 heterocycles. The largest absolute Gasteiger partial charge is 0.387 e. The molecule has 2 rings (SSSR count). The fraction of sp³-hybridized carbons (Fsp3) is 0.133. The summed E-state index contributed by atoms with van der Waals surface area (Å²) in [6.45, 7) is 0. The molecule has 0 bridgehead atoms. The van der Waals surface area contributed by atoms with Gasteiger partial charge >= 0.3 is 0 Å². The molecule has 1 N–H and O–H groups in total. The van der Waals surface area contributed by atoms with Crippen LogP contribution in [0, 0.1) is 0 Å². The third-order valence-corrected chi connectivity index (χ3v) is 3.64. The summed E-state index contributed by atoms with van der Waals surface area (Å²) in [7, 11) is 0. The molecular weight excluding hydrogens is 292 g/mol. The van der Waals surface area contributed by atoms with E-state index in [9.17, 15) is 9.90 Å². The summed E-state index contributed by atoms with van der Waals surface area (Å²) in [5.41, 5.74) is 1.32. The van der Waals surface area contributed by atoms with Gasteiger partial charge in [0, 0.05) is 5.56 Å². The Morgan fingerprint density at radius 3 is 2.00 bits per heavy atom. The summed E-state index contributed by atoms with van der Waals surface area (Å²) in [6.07, 6.45) is -0.848. The molecule has 92 valence electrons. The van der Waals surface area contributed by atoms with Crippen molar-refractivity contribution >= 4 is 21.7 Å². The number of hydrogen-bond acceptors (Lipinski definition) is 2. The Hall–Kier alpha value is -1.45. The van der Waals surface area contributed by atoms with Gasteiger partial charge in [0.15, 0.2) is 5.78 Å². The van der Waals surface area contributed by atoms with Crippen molar-refractivity contribution in [3.8, 4) is 0 Å². The van der Waals surface area contributed by atoms with Crippen LogP contribution in [0.15, 0.2) is 60.7 Å². The Kier molecular flexibility index (Phi) is 4.28. The van der Waals surface area contributed by atoms with Gasteiger partial charge in [-0.25, -0.2) is 0 Å². The minimum absolute atomic E-state index is 0.119. The number of benzene rings is 2. The van der Waals surface area contributed by atoms with E-state index in [1.54, 1.807) is 24.3 Å². The van der Waals surface area contributed by atoms with Crippen LogP contribution in [0.5, 0.6) is 0 Å². The number of alkyl halides is 1. The van der Waals surface area contributed by atoms with E-state index in [0.717, 1.165) is 5.56 Å². The van der Waals surface area contributed by atoms with Crippen LogP contribution < -0.4 is 0 Å². The zero-order chi connectivity index (χ0) is 13.0. The fourth-order valence-corrected chi connectivity index (χ4v) is 2.29. The van der Waals surface area contributed by atoms with Gasteiger partial charge < -0.3 is 5.11 Å². The van der Waals surface area contributed by atoms with Crippen LogP contribution in [-0.2, 0) is 0 Å². The minimum Gasteiger partial charge on any atom is -0.387 e. The van der Waals surface area contributed by atoms with E-state index in [1.807, 2.05) is 36.4 Å². The van der Waals surface area contributed by atoms with Gasteiger partial charge in [-0.3, -0.25) is 4.79 Å². The van der Waals surface area contributed by atoms with Crippen LogP contribution in [0.2, 0.25) is 0 Å². The molecule has 0 radical (unpaired) electrons. The van der Waals surface area contributed by atoms with E-state index in [4.69, 9.17) is 0 Å². The highest BCUT2D eigenvalue weighted by Crippen LogP contribution is 2.25. The van der Waals surface area contributed by atoms with E-state index >= 15 is 0 Å². The Balaban J connectivity index is 2.17. The summed E-state index contributed by atoms with van der Waals surface area (Å²) in [4.78, 5) is 11.5. The molecule has 0 aliphatic rings. The standard InChI is InChI=1S/C15H13BrO2/c16-13(14(17)11-7-3-1-4-8-11)15(18)12-9-5-2-6-10-12/h1-10,13-14,17H/t13-,14-/m1/s1. The number of carbonyl (C=O) groups is 1. The topological polar surface area (TPSA) is 37.3 Å². The zero-order valence-electron chi connectivity index (χ0n) is 9.66. The van der Waals surface area contributed by atoms with Gasteiger partial charge in [0.25, 0.3) is 0 Å². The van der Waals surface area contributed by atoms with E-state index < -0.39 is 10.9 Å². The van der Waals surface area contributed by atoms with Gasteiger partial charge in [0.2, 0.25) is 0 Å². The van der Waals surface area contributed by atoms with E-state index in [0.29, 0.717) is 5.56 Å². The second-order valence-corrected chi connectivity index (χ2v) is 4.97. The number of carbonyl (C=O) groups excluding carboxylic acids is 1.